The van der Waals surface area contributed by atoms with Crippen molar-refractivity contribution in [2.45, 2.75) is 19.9 Å². The maximum absolute atomic E-state index is 12.5. The molecule has 30 heavy (non-hydrogen) atoms. The van der Waals surface area contributed by atoms with Crippen molar-refractivity contribution in [2.24, 2.45) is 0 Å². The molecule has 2 N–H and O–H groups in total. The largest absolute Gasteiger partial charge is 0.497 e. The molecule has 0 spiro atoms. The van der Waals surface area contributed by atoms with Crippen LogP contribution in [-0.4, -0.2) is 50.3 Å². The zero-order chi connectivity index (χ0) is 21.4. The van der Waals surface area contributed by atoms with Crippen molar-refractivity contribution in [1.29, 1.82) is 0 Å². The topological polar surface area (TPSA) is 86.9 Å². The molecular weight excluding hydrogens is 402 g/mol. The Balaban J connectivity index is 2.08. The quantitative estimate of drug-likeness (QED) is 0.621. The van der Waals surface area contributed by atoms with Crippen molar-refractivity contribution in [3.8, 4) is 22.6 Å². The highest BCUT2D eigenvalue weighted by Gasteiger charge is 2.28. The number of fused-ring (bicyclic) bond motifs is 2. The van der Waals surface area contributed by atoms with Crippen LogP contribution in [0.25, 0.3) is 21.3 Å². The molecular formula is C22H25N3O4S. The van der Waals surface area contributed by atoms with Crippen LogP contribution in [0.5, 0.6) is 11.5 Å². The van der Waals surface area contributed by atoms with Crippen LogP contribution < -0.4 is 15.2 Å². The fourth-order valence-corrected chi connectivity index (χ4v) is 4.93. The molecule has 1 aliphatic heterocycles. The molecule has 2 aromatic heterocycles. The third kappa shape index (κ3) is 3.36. The lowest BCUT2D eigenvalue weighted by atomic mass is 9.91. The number of nitrogens with zero attached hydrogens (tertiary/aromatic N) is 2. The Morgan fingerprint density at radius 3 is 2.80 bits per heavy atom. The summed E-state index contributed by atoms with van der Waals surface area (Å²) in [6.07, 6.45) is 0.827. The summed E-state index contributed by atoms with van der Waals surface area (Å²) in [6.45, 7) is 3.72. The van der Waals surface area contributed by atoms with Crippen molar-refractivity contribution in [3.05, 3.63) is 34.3 Å². The number of ether oxygens (including phenoxy) is 3. The number of hydrogen-bond acceptors (Lipinski definition) is 8. The standard InChI is InChI=1S/C22H25N3O4S/c1-5-29-22(26)20-19(23)18-17(13-10-12(27-3)6-7-16(13)28-4)14-11-25(2)9-8-15(14)24-21(18)30-20/h6-7,10H,5,8-9,11,23H2,1-4H3. The van der Waals surface area contributed by atoms with Crippen LogP contribution in [-0.2, 0) is 17.7 Å². The van der Waals surface area contributed by atoms with Gasteiger partial charge in [0.1, 0.15) is 21.2 Å². The highest BCUT2D eigenvalue weighted by molar-refractivity contribution is 7.21. The fraction of sp³-hybridized carbons (Fsp3) is 0.364. The zero-order valence-electron chi connectivity index (χ0n) is 17.6. The number of carbonyl (C=O) groups is 1. The third-order valence-corrected chi connectivity index (χ3v) is 6.44. The van der Waals surface area contributed by atoms with Crippen LogP contribution in [0.1, 0.15) is 27.9 Å². The molecule has 0 radical (unpaired) electrons. The molecule has 0 unspecified atom stereocenters. The average molecular weight is 428 g/mol. The summed E-state index contributed by atoms with van der Waals surface area (Å²) in [6, 6.07) is 5.69. The minimum atomic E-state index is -0.420. The first-order valence-electron chi connectivity index (χ1n) is 9.80. The first kappa shape index (κ1) is 20.4. The van der Waals surface area contributed by atoms with Gasteiger partial charge in [-0.15, -0.1) is 11.3 Å². The van der Waals surface area contributed by atoms with E-state index in [1.165, 1.54) is 11.3 Å². The first-order valence-corrected chi connectivity index (χ1v) is 10.6. The van der Waals surface area contributed by atoms with Crippen molar-refractivity contribution in [1.82, 2.24) is 9.88 Å². The number of carbonyl (C=O) groups excluding carboxylic acids is 1. The van der Waals surface area contributed by atoms with E-state index in [2.05, 4.69) is 11.9 Å². The van der Waals surface area contributed by atoms with Gasteiger partial charge in [0.25, 0.3) is 0 Å². The molecule has 3 heterocycles. The molecule has 1 aliphatic rings. The summed E-state index contributed by atoms with van der Waals surface area (Å²) < 4.78 is 16.4. The Morgan fingerprint density at radius 1 is 1.30 bits per heavy atom. The summed E-state index contributed by atoms with van der Waals surface area (Å²) in [7, 11) is 5.36. The maximum Gasteiger partial charge on any atom is 0.350 e. The monoisotopic (exact) mass is 427 g/mol. The molecule has 0 atom stereocenters. The van der Waals surface area contributed by atoms with E-state index in [0.29, 0.717) is 22.1 Å². The Kier molecular flexibility index (Phi) is 5.53. The normalized spacial score (nSPS) is 13.9. The van der Waals surface area contributed by atoms with Crippen LogP contribution in [0.2, 0.25) is 0 Å². The zero-order valence-corrected chi connectivity index (χ0v) is 18.4. The van der Waals surface area contributed by atoms with Gasteiger partial charge in [0.05, 0.1) is 26.5 Å². The second-order valence-electron chi connectivity index (χ2n) is 7.21. The van der Waals surface area contributed by atoms with Crippen LogP contribution in [0, 0.1) is 0 Å². The van der Waals surface area contributed by atoms with E-state index in [-0.39, 0.29) is 6.61 Å². The van der Waals surface area contributed by atoms with Gasteiger partial charge >= 0.3 is 5.97 Å². The van der Waals surface area contributed by atoms with Crippen LogP contribution in [0.4, 0.5) is 5.69 Å². The summed E-state index contributed by atoms with van der Waals surface area (Å²) in [5, 5.41) is 0.767. The van der Waals surface area contributed by atoms with E-state index in [1.807, 2.05) is 18.2 Å². The Hall–Kier alpha value is -2.84. The number of thiophene rings is 1. The summed E-state index contributed by atoms with van der Waals surface area (Å²) in [5.41, 5.74) is 10.9. The lowest BCUT2D eigenvalue weighted by Crippen LogP contribution is -2.28. The van der Waals surface area contributed by atoms with Crippen molar-refractivity contribution in [3.63, 3.8) is 0 Å². The highest BCUT2D eigenvalue weighted by Crippen LogP contribution is 2.46. The molecule has 0 saturated heterocycles. The fourth-order valence-electron chi connectivity index (χ4n) is 3.91. The SMILES string of the molecule is CCOC(=O)c1sc2nc3c(c(-c4cc(OC)ccc4OC)c2c1N)CN(C)CC3. The molecule has 158 valence electrons. The predicted molar refractivity (Wildman–Crippen MR) is 119 cm³/mol. The molecule has 1 aromatic carbocycles. The molecule has 4 rings (SSSR count). The van der Waals surface area contributed by atoms with Gasteiger partial charge < -0.3 is 24.8 Å². The van der Waals surface area contributed by atoms with Crippen molar-refractivity contribution in [2.75, 3.05) is 40.2 Å². The van der Waals surface area contributed by atoms with E-state index >= 15 is 0 Å². The number of nitrogens with two attached hydrogens (primary N) is 1. The van der Waals surface area contributed by atoms with E-state index in [1.54, 1.807) is 21.1 Å². The number of pyridine rings is 1. The van der Waals surface area contributed by atoms with Gasteiger partial charge in [-0.1, -0.05) is 0 Å². The maximum atomic E-state index is 12.5. The minimum Gasteiger partial charge on any atom is -0.497 e. The number of rotatable bonds is 5. The molecule has 0 saturated carbocycles. The molecule has 3 aromatic rings. The van der Waals surface area contributed by atoms with Gasteiger partial charge in [-0.2, -0.15) is 0 Å². The van der Waals surface area contributed by atoms with Gasteiger partial charge in [0.15, 0.2) is 0 Å². The van der Waals surface area contributed by atoms with E-state index in [9.17, 15) is 4.79 Å². The van der Waals surface area contributed by atoms with Gasteiger partial charge in [-0.3, -0.25) is 0 Å². The lowest BCUT2D eigenvalue weighted by Gasteiger charge is -2.27. The number of hydrogen-bond donors (Lipinski definition) is 1. The van der Waals surface area contributed by atoms with Crippen LogP contribution in [0.15, 0.2) is 18.2 Å². The van der Waals surface area contributed by atoms with E-state index < -0.39 is 5.97 Å². The second kappa shape index (κ2) is 8.12. The average Bonchev–Trinajstić information content (AvgIpc) is 3.08. The molecule has 8 heteroatoms. The number of nitrogen functional groups attached to an aromatic ring is 1. The van der Waals surface area contributed by atoms with Crippen LogP contribution >= 0.6 is 11.3 Å². The second-order valence-corrected chi connectivity index (χ2v) is 8.21. The Labute approximate surface area is 179 Å². The van der Waals surface area contributed by atoms with E-state index in [4.69, 9.17) is 24.9 Å². The van der Waals surface area contributed by atoms with Gasteiger partial charge in [-0.05, 0) is 37.7 Å². The number of likely N-dealkylation sites (N-methyl/N-ethyl adjacent to an activating group) is 1. The summed E-state index contributed by atoms with van der Waals surface area (Å²) >= 11 is 1.28. The summed E-state index contributed by atoms with van der Waals surface area (Å²) in [5.74, 6) is 1.01. The number of benzene rings is 1. The lowest BCUT2D eigenvalue weighted by molar-refractivity contribution is 0.0533. The van der Waals surface area contributed by atoms with Gasteiger partial charge in [-0.25, -0.2) is 9.78 Å². The van der Waals surface area contributed by atoms with Crippen LogP contribution in [0.3, 0.4) is 0 Å². The highest BCUT2D eigenvalue weighted by atomic mass is 32.1. The summed E-state index contributed by atoms with van der Waals surface area (Å²) in [4.78, 5) is 20.8. The Bertz CT molecular complexity index is 1130. The number of anilines is 1. The van der Waals surface area contributed by atoms with E-state index in [0.717, 1.165) is 52.1 Å². The number of esters is 1. The Morgan fingerprint density at radius 2 is 2.10 bits per heavy atom. The van der Waals surface area contributed by atoms with Crippen molar-refractivity contribution < 1.29 is 19.0 Å². The van der Waals surface area contributed by atoms with Crippen molar-refractivity contribution >= 4 is 33.2 Å². The van der Waals surface area contributed by atoms with Gasteiger partial charge in [0, 0.05) is 41.7 Å². The number of aromatic nitrogens is 1. The van der Waals surface area contributed by atoms with Gasteiger partial charge in [0.2, 0.25) is 0 Å². The smallest absolute Gasteiger partial charge is 0.350 e. The molecule has 0 bridgehead atoms. The predicted octanol–water partition coefficient (Wildman–Crippen LogP) is 3.73. The molecule has 0 aliphatic carbocycles. The number of methoxy groups -OCH3 is 2. The minimum absolute atomic E-state index is 0.289. The molecule has 0 fully saturated rings. The first-order chi connectivity index (χ1) is 14.5. The molecule has 7 nitrogen and oxygen atoms in total. The third-order valence-electron chi connectivity index (χ3n) is 5.36. The molecule has 0 amide bonds.